The Balaban J connectivity index is 1.16. The molecule has 0 saturated heterocycles. The van der Waals surface area contributed by atoms with Gasteiger partial charge in [-0.25, -0.2) is 9.97 Å². The van der Waals surface area contributed by atoms with E-state index in [0.29, 0.717) is 13.2 Å². The van der Waals surface area contributed by atoms with E-state index in [0.717, 1.165) is 59.8 Å². The van der Waals surface area contributed by atoms with Gasteiger partial charge in [-0.3, -0.25) is 4.79 Å². The Labute approximate surface area is 193 Å². The van der Waals surface area contributed by atoms with E-state index < -0.39 is 5.97 Å². The molecule has 0 unspecified atom stereocenters. The third kappa shape index (κ3) is 6.08. The van der Waals surface area contributed by atoms with Gasteiger partial charge in [-0.2, -0.15) is 0 Å². The average molecular weight is 448 g/mol. The van der Waals surface area contributed by atoms with E-state index in [2.05, 4.69) is 21.4 Å². The summed E-state index contributed by atoms with van der Waals surface area (Å²) in [6.45, 7) is 2.02. The van der Waals surface area contributed by atoms with Crippen molar-refractivity contribution in [2.45, 2.75) is 38.1 Å². The van der Waals surface area contributed by atoms with E-state index in [1.165, 1.54) is 5.56 Å². The number of hydrogen-bond donors (Lipinski definition) is 2. The fourth-order valence-corrected chi connectivity index (χ4v) is 4.16. The maximum atomic E-state index is 11.0. The van der Waals surface area contributed by atoms with Crippen LogP contribution < -0.4 is 14.8 Å². The molecule has 0 aliphatic heterocycles. The molecule has 1 aliphatic carbocycles. The molecule has 1 heterocycles. The number of aliphatic carboxylic acids is 1. The van der Waals surface area contributed by atoms with Crippen LogP contribution in [0.5, 0.6) is 11.5 Å². The van der Waals surface area contributed by atoms with Crippen molar-refractivity contribution in [3.8, 4) is 22.6 Å². The summed E-state index contributed by atoms with van der Waals surface area (Å²) in [4.78, 5) is 19.9. The Morgan fingerprint density at radius 2 is 1.85 bits per heavy atom. The zero-order valence-electron chi connectivity index (χ0n) is 18.8. The average Bonchev–Trinajstić information content (AvgIpc) is 3.23. The molecular weight excluding hydrogens is 418 g/mol. The summed E-state index contributed by atoms with van der Waals surface area (Å²) in [6.07, 6.45) is 6.56. The predicted octanol–water partition coefficient (Wildman–Crippen LogP) is 4.22. The normalized spacial score (nSPS) is 14.6. The van der Waals surface area contributed by atoms with Gasteiger partial charge in [0.15, 0.2) is 0 Å². The number of methoxy groups -OCH3 is 1. The maximum Gasteiger partial charge on any atom is 0.303 e. The second-order valence-corrected chi connectivity index (χ2v) is 8.19. The van der Waals surface area contributed by atoms with Crippen LogP contribution in [0.3, 0.4) is 0 Å². The van der Waals surface area contributed by atoms with E-state index in [9.17, 15) is 4.79 Å². The number of rotatable bonds is 11. The molecule has 0 spiro atoms. The lowest BCUT2D eigenvalue weighted by Gasteiger charge is -2.11. The van der Waals surface area contributed by atoms with Gasteiger partial charge < -0.3 is 19.9 Å². The van der Waals surface area contributed by atoms with Gasteiger partial charge in [0.2, 0.25) is 0 Å². The van der Waals surface area contributed by atoms with Crippen molar-refractivity contribution in [3.63, 3.8) is 0 Å². The first-order chi connectivity index (χ1) is 16.1. The Morgan fingerprint density at radius 1 is 1.09 bits per heavy atom. The molecule has 7 heteroatoms. The Morgan fingerprint density at radius 3 is 2.58 bits per heavy atom. The number of carbonyl (C=O) groups is 1. The first-order valence-electron chi connectivity index (χ1n) is 11.3. The van der Waals surface area contributed by atoms with Crippen LogP contribution in [0.2, 0.25) is 0 Å². The zero-order valence-corrected chi connectivity index (χ0v) is 18.8. The number of carboxylic acids is 1. The molecule has 0 radical (unpaired) electrons. The Kier molecular flexibility index (Phi) is 7.52. The van der Waals surface area contributed by atoms with Crippen molar-refractivity contribution < 1.29 is 19.4 Å². The number of ether oxygens (including phenoxy) is 2. The summed E-state index contributed by atoms with van der Waals surface area (Å²) in [6, 6.07) is 13.9. The number of aromatic nitrogens is 2. The van der Waals surface area contributed by atoms with Crippen LogP contribution in [0.1, 0.15) is 42.1 Å². The largest absolute Gasteiger partial charge is 0.497 e. The first kappa shape index (κ1) is 22.7. The van der Waals surface area contributed by atoms with Gasteiger partial charge in [-0.15, -0.1) is 0 Å². The molecule has 2 N–H and O–H groups in total. The highest BCUT2D eigenvalue weighted by Crippen LogP contribution is 2.37. The van der Waals surface area contributed by atoms with Crippen LogP contribution in [0.15, 0.2) is 54.9 Å². The highest BCUT2D eigenvalue weighted by Gasteiger charge is 2.24. The second-order valence-electron chi connectivity index (χ2n) is 8.19. The molecule has 1 aromatic heterocycles. The number of nitrogens with one attached hydrogen (secondary N) is 1. The summed E-state index contributed by atoms with van der Waals surface area (Å²) in [5.41, 5.74) is 4.39. The lowest BCUT2D eigenvalue weighted by molar-refractivity contribution is -0.137. The Bertz CT molecular complexity index is 1070. The summed E-state index contributed by atoms with van der Waals surface area (Å²) < 4.78 is 11.1. The van der Waals surface area contributed by atoms with Crippen molar-refractivity contribution in [2.75, 3.05) is 20.3 Å². The van der Waals surface area contributed by atoms with Crippen molar-refractivity contribution >= 4 is 5.97 Å². The van der Waals surface area contributed by atoms with Gasteiger partial charge in [0.25, 0.3) is 0 Å². The van der Waals surface area contributed by atoms with E-state index in [-0.39, 0.29) is 12.3 Å². The minimum atomic E-state index is -0.737. The van der Waals surface area contributed by atoms with Gasteiger partial charge in [-0.1, -0.05) is 18.2 Å². The molecule has 33 heavy (non-hydrogen) atoms. The Hall–Kier alpha value is -3.45. The topological polar surface area (TPSA) is 93.6 Å². The van der Waals surface area contributed by atoms with E-state index in [1.807, 2.05) is 48.8 Å². The molecule has 0 fully saturated rings. The number of carboxylic acid groups (broad SMARTS) is 1. The highest BCUT2D eigenvalue weighted by molar-refractivity contribution is 5.68. The number of aryl methyl sites for hydroxylation is 1. The minimum absolute atomic E-state index is 0.128. The molecule has 7 nitrogen and oxygen atoms in total. The van der Waals surface area contributed by atoms with Gasteiger partial charge >= 0.3 is 5.97 Å². The molecule has 3 aromatic rings. The summed E-state index contributed by atoms with van der Waals surface area (Å²) >= 11 is 0. The van der Waals surface area contributed by atoms with Crippen molar-refractivity contribution in [3.05, 3.63) is 71.8 Å². The van der Waals surface area contributed by atoms with Crippen molar-refractivity contribution in [1.82, 2.24) is 15.3 Å². The number of fused-ring (bicyclic) bond motifs is 1. The smallest absolute Gasteiger partial charge is 0.303 e. The van der Waals surface area contributed by atoms with Gasteiger partial charge in [-0.05, 0) is 72.7 Å². The van der Waals surface area contributed by atoms with E-state index in [4.69, 9.17) is 14.6 Å². The monoisotopic (exact) mass is 447 g/mol. The third-order valence-electron chi connectivity index (χ3n) is 5.92. The molecule has 0 saturated carbocycles. The van der Waals surface area contributed by atoms with Crippen LogP contribution in [0, 0.1) is 0 Å². The molecule has 172 valence electrons. The van der Waals surface area contributed by atoms with Crippen LogP contribution >= 0.6 is 0 Å². The molecule has 0 amide bonds. The van der Waals surface area contributed by atoms with Gasteiger partial charge in [0.1, 0.15) is 17.3 Å². The quantitative estimate of drug-likeness (QED) is 0.425. The molecular formula is C26H29N3O4. The molecule has 0 bridgehead atoms. The molecule has 1 atom stereocenters. The molecule has 2 aromatic carbocycles. The second kappa shape index (κ2) is 10.9. The number of hydrogen-bond acceptors (Lipinski definition) is 6. The highest BCUT2D eigenvalue weighted by atomic mass is 16.5. The van der Waals surface area contributed by atoms with Crippen molar-refractivity contribution in [2.24, 2.45) is 0 Å². The van der Waals surface area contributed by atoms with E-state index in [1.54, 1.807) is 7.11 Å². The zero-order chi connectivity index (χ0) is 23.0. The maximum absolute atomic E-state index is 11.0. The van der Waals surface area contributed by atoms with Crippen LogP contribution in [-0.4, -0.2) is 41.3 Å². The summed E-state index contributed by atoms with van der Waals surface area (Å²) in [5, 5.41) is 12.4. The first-order valence-corrected chi connectivity index (χ1v) is 11.3. The number of benzene rings is 2. The SMILES string of the molecule is COc1ccc(-c2cnc(CNCCCOc3ccc4c(c3)CC[C@H]4CC(=O)O)nc2)cc1. The fraction of sp³-hybridized carbons (Fsp3) is 0.346. The summed E-state index contributed by atoms with van der Waals surface area (Å²) in [7, 11) is 1.65. The van der Waals surface area contributed by atoms with Crippen molar-refractivity contribution in [1.29, 1.82) is 0 Å². The van der Waals surface area contributed by atoms with Gasteiger partial charge in [0, 0.05) is 18.0 Å². The van der Waals surface area contributed by atoms with Gasteiger partial charge in [0.05, 0.1) is 26.7 Å². The molecule has 4 rings (SSSR count). The van der Waals surface area contributed by atoms with Crippen LogP contribution in [-0.2, 0) is 17.8 Å². The lowest BCUT2D eigenvalue weighted by atomic mass is 9.98. The molecule has 1 aliphatic rings. The van der Waals surface area contributed by atoms with Crippen LogP contribution in [0.25, 0.3) is 11.1 Å². The lowest BCUT2D eigenvalue weighted by Crippen LogP contribution is -2.18. The fourth-order valence-electron chi connectivity index (χ4n) is 4.16. The van der Waals surface area contributed by atoms with Crippen LogP contribution in [0.4, 0.5) is 0 Å². The predicted molar refractivity (Wildman–Crippen MR) is 126 cm³/mol. The third-order valence-corrected chi connectivity index (χ3v) is 5.92. The standard InChI is InChI=1S/C26H29N3O4/c1-32-22-7-5-18(6-8-22)21-15-28-25(29-16-21)17-27-11-2-12-33-23-9-10-24-19(13-23)3-4-20(24)14-26(30)31/h5-10,13,15-16,20,27H,2-4,11-12,14,17H2,1H3,(H,30,31)/t20-/m0/s1. The summed E-state index contributed by atoms with van der Waals surface area (Å²) in [5.74, 6) is 1.82. The van der Waals surface area contributed by atoms with E-state index >= 15 is 0 Å². The minimum Gasteiger partial charge on any atom is -0.497 e. The number of nitrogens with zero attached hydrogens (tertiary/aromatic N) is 2.